The van der Waals surface area contributed by atoms with Crippen LogP contribution in [0, 0.1) is 6.92 Å². The Morgan fingerprint density at radius 1 is 1.00 bits per heavy atom. The van der Waals surface area contributed by atoms with E-state index in [0.29, 0.717) is 6.54 Å². The highest BCUT2D eigenvalue weighted by atomic mass is 32.2. The van der Waals surface area contributed by atoms with Crippen LogP contribution in [-0.4, -0.2) is 38.0 Å². The van der Waals surface area contributed by atoms with Crippen molar-refractivity contribution in [2.75, 3.05) is 19.3 Å². The van der Waals surface area contributed by atoms with Crippen molar-refractivity contribution >= 4 is 15.9 Å². The van der Waals surface area contributed by atoms with Crippen LogP contribution in [-0.2, 0) is 27.8 Å². The lowest BCUT2D eigenvalue weighted by Crippen LogP contribution is -2.38. The van der Waals surface area contributed by atoms with Crippen LogP contribution >= 0.6 is 0 Å². The zero-order valence-corrected chi connectivity index (χ0v) is 15.4. The Labute approximate surface area is 149 Å². The fourth-order valence-corrected chi connectivity index (χ4v) is 3.23. The fourth-order valence-electron chi connectivity index (χ4n) is 2.42. The minimum absolute atomic E-state index is 0.114. The molecule has 1 amide bonds. The molecule has 0 saturated heterocycles. The smallest absolute Gasteiger partial charge is 0.224 e. The maximum absolute atomic E-state index is 12.0. The first-order valence-corrected chi connectivity index (χ1v) is 10.0. The molecule has 25 heavy (non-hydrogen) atoms. The molecular weight excluding hydrogens is 336 g/mol. The lowest BCUT2D eigenvalue weighted by Gasteiger charge is -2.20. The number of carbonyl (C=O) groups excluding carboxylic acids is 1. The third kappa shape index (κ3) is 6.68. The van der Waals surface area contributed by atoms with Crippen LogP contribution in [0.3, 0.4) is 0 Å². The average Bonchev–Trinajstić information content (AvgIpc) is 2.56. The molecule has 0 atom stereocenters. The van der Waals surface area contributed by atoms with Gasteiger partial charge in [-0.05, 0) is 18.1 Å². The zero-order chi connectivity index (χ0) is 18.3. The number of hydrogen-bond acceptors (Lipinski definition) is 3. The molecule has 2 rings (SSSR count). The van der Waals surface area contributed by atoms with E-state index < -0.39 is 10.0 Å². The van der Waals surface area contributed by atoms with Crippen LogP contribution in [0.2, 0.25) is 0 Å². The van der Waals surface area contributed by atoms with Gasteiger partial charge in [0.05, 0.1) is 12.7 Å². The number of nitrogens with one attached hydrogen (secondary N) is 1. The van der Waals surface area contributed by atoms with Crippen molar-refractivity contribution < 1.29 is 13.2 Å². The van der Waals surface area contributed by atoms with Crippen LogP contribution in [0.5, 0.6) is 0 Å². The Balaban J connectivity index is 1.86. The molecule has 0 radical (unpaired) electrons. The molecule has 6 heteroatoms. The molecule has 0 bridgehead atoms. The van der Waals surface area contributed by atoms with E-state index in [-0.39, 0.29) is 25.4 Å². The monoisotopic (exact) mass is 360 g/mol. The first-order valence-electron chi connectivity index (χ1n) is 8.16. The summed E-state index contributed by atoms with van der Waals surface area (Å²) in [6.07, 6.45) is 1.47. The van der Waals surface area contributed by atoms with Crippen molar-refractivity contribution in [3.8, 4) is 0 Å². The van der Waals surface area contributed by atoms with Crippen LogP contribution in [0.1, 0.15) is 16.7 Å². The molecule has 134 valence electrons. The van der Waals surface area contributed by atoms with Gasteiger partial charge in [-0.2, -0.15) is 4.31 Å². The minimum Gasteiger partial charge on any atom is -0.354 e. The summed E-state index contributed by atoms with van der Waals surface area (Å²) in [5.41, 5.74) is 3.00. The number of hydrogen-bond donors (Lipinski definition) is 1. The van der Waals surface area contributed by atoms with Gasteiger partial charge in [0.25, 0.3) is 0 Å². The van der Waals surface area contributed by atoms with E-state index in [9.17, 15) is 13.2 Å². The van der Waals surface area contributed by atoms with Gasteiger partial charge in [-0.1, -0.05) is 60.2 Å². The Kier molecular flexibility index (Phi) is 6.73. The molecule has 1 N–H and O–H groups in total. The Morgan fingerprint density at radius 3 is 2.24 bits per heavy atom. The van der Waals surface area contributed by atoms with Gasteiger partial charge in [0.2, 0.25) is 15.9 Å². The average molecular weight is 360 g/mol. The number of sulfonamides is 1. The van der Waals surface area contributed by atoms with E-state index in [1.165, 1.54) is 10.6 Å². The van der Waals surface area contributed by atoms with Gasteiger partial charge in [-0.15, -0.1) is 0 Å². The third-order valence-electron chi connectivity index (χ3n) is 3.84. The van der Waals surface area contributed by atoms with Gasteiger partial charge in [0, 0.05) is 19.6 Å². The predicted octanol–water partition coefficient (Wildman–Crippen LogP) is 2.12. The Hall–Kier alpha value is -2.18. The first-order chi connectivity index (χ1) is 11.8. The van der Waals surface area contributed by atoms with Gasteiger partial charge in [0.15, 0.2) is 0 Å². The molecule has 2 aromatic rings. The normalized spacial score (nSPS) is 11.5. The highest BCUT2D eigenvalue weighted by Gasteiger charge is 2.17. The number of rotatable bonds is 8. The van der Waals surface area contributed by atoms with Gasteiger partial charge >= 0.3 is 0 Å². The molecule has 2 aromatic carbocycles. The quantitative estimate of drug-likeness (QED) is 0.784. The second-order valence-corrected chi connectivity index (χ2v) is 8.08. The largest absolute Gasteiger partial charge is 0.354 e. The third-order valence-corrected chi connectivity index (χ3v) is 5.09. The summed E-state index contributed by atoms with van der Waals surface area (Å²) in [6.45, 7) is 2.82. The summed E-state index contributed by atoms with van der Waals surface area (Å²) in [4.78, 5) is 12.0. The van der Waals surface area contributed by atoms with Crippen molar-refractivity contribution in [2.45, 2.75) is 19.9 Å². The molecule has 0 aromatic heterocycles. The first kappa shape index (κ1) is 19.1. The van der Waals surface area contributed by atoms with Crippen molar-refractivity contribution in [3.05, 3.63) is 71.3 Å². The number of aryl methyl sites for hydroxylation is 1. The standard InChI is InChI=1S/C19H24N2O3S/c1-16-8-10-17(11-9-16)14-19(22)20-12-13-21(25(2,23)24)15-18-6-4-3-5-7-18/h3-11H,12-15H2,1-2H3,(H,20,22). The lowest BCUT2D eigenvalue weighted by molar-refractivity contribution is -0.120. The summed E-state index contributed by atoms with van der Waals surface area (Å²) in [5.74, 6) is -0.114. The fraction of sp³-hybridized carbons (Fsp3) is 0.316. The molecule has 0 aliphatic rings. The van der Waals surface area contributed by atoms with Crippen molar-refractivity contribution in [3.63, 3.8) is 0 Å². The van der Waals surface area contributed by atoms with Crippen molar-refractivity contribution in [1.82, 2.24) is 9.62 Å². The second-order valence-electron chi connectivity index (χ2n) is 6.09. The van der Waals surface area contributed by atoms with E-state index >= 15 is 0 Å². The van der Waals surface area contributed by atoms with Crippen molar-refractivity contribution in [1.29, 1.82) is 0 Å². The molecule has 0 aliphatic carbocycles. The summed E-state index contributed by atoms with van der Waals surface area (Å²) in [6, 6.07) is 17.2. The number of benzene rings is 2. The molecule has 0 aliphatic heterocycles. The number of carbonyl (C=O) groups is 1. The van der Waals surface area contributed by atoms with Crippen LogP contribution in [0.25, 0.3) is 0 Å². The molecule has 0 fully saturated rings. The van der Waals surface area contributed by atoms with E-state index in [4.69, 9.17) is 0 Å². The van der Waals surface area contributed by atoms with E-state index in [2.05, 4.69) is 5.32 Å². The van der Waals surface area contributed by atoms with Crippen LogP contribution in [0.15, 0.2) is 54.6 Å². The topological polar surface area (TPSA) is 66.5 Å². The predicted molar refractivity (Wildman–Crippen MR) is 99.6 cm³/mol. The van der Waals surface area contributed by atoms with Crippen molar-refractivity contribution in [2.24, 2.45) is 0 Å². The maximum atomic E-state index is 12.0. The lowest BCUT2D eigenvalue weighted by atomic mass is 10.1. The molecule has 0 spiro atoms. The van der Waals surface area contributed by atoms with Gasteiger partial charge in [0.1, 0.15) is 0 Å². The van der Waals surface area contributed by atoms with E-state index in [0.717, 1.165) is 16.7 Å². The molecule has 5 nitrogen and oxygen atoms in total. The second kappa shape index (κ2) is 8.78. The SMILES string of the molecule is Cc1ccc(CC(=O)NCCN(Cc2ccccc2)S(C)(=O)=O)cc1. The zero-order valence-electron chi connectivity index (χ0n) is 14.6. The minimum atomic E-state index is -3.34. The molecule has 0 saturated carbocycles. The van der Waals surface area contributed by atoms with Gasteiger partial charge in [-0.3, -0.25) is 4.79 Å². The van der Waals surface area contributed by atoms with Crippen LogP contribution < -0.4 is 5.32 Å². The summed E-state index contributed by atoms with van der Waals surface area (Å²) >= 11 is 0. The van der Waals surface area contributed by atoms with Crippen LogP contribution in [0.4, 0.5) is 0 Å². The van der Waals surface area contributed by atoms with Gasteiger partial charge in [-0.25, -0.2) is 8.42 Å². The highest BCUT2D eigenvalue weighted by molar-refractivity contribution is 7.88. The molecule has 0 heterocycles. The number of nitrogens with zero attached hydrogens (tertiary/aromatic N) is 1. The summed E-state index contributed by atoms with van der Waals surface area (Å²) in [7, 11) is -3.34. The maximum Gasteiger partial charge on any atom is 0.224 e. The Bertz CT molecular complexity index is 787. The van der Waals surface area contributed by atoms with Gasteiger partial charge < -0.3 is 5.32 Å². The Morgan fingerprint density at radius 2 is 1.64 bits per heavy atom. The summed E-state index contributed by atoms with van der Waals surface area (Å²) < 4.78 is 25.3. The summed E-state index contributed by atoms with van der Waals surface area (Å²) in [5, 5.41) is 2.79. The molecule has 0 unspecified atom stereocenters. The van der Waals surface area contributed by atoms with E-state index in [1.54, 1.807) is 0 Å². The highest BCUT2D eigenvalue weighted by Crippen LogP contribution is 2.08. The molecular formula is C19H24N2O3S. The van der Waals surface area contributed by atoms with E-state index in [1.807, 2.05) is 61.5 Å². The number of amides is 1.